The van der Waals surface area contributed by atoms with Crippen molar-refractivity contribution in [3.05, 3.63) is 88.5 Å². The minimum absolute atomic E-state index is 0.103. The van der Waals surface area contributed by atoms with Gasteiger partial charge in [0.2, 0.25) is 0 Å². The lowest BCUT2D eigenvalue weighted by Gasteiger charge is -2.25. The molecule has 0 atom stereocenters. The SMILES string of the molecule is COc1ccccc1NC(=O)c1cccc2c1C(=O)N(c1c(C(C)C)cccc1C(C)C)C2=O. The Morgan fingerprint density at radius 1 is 0.824 bits per heavy atom. The molecule has 1 aliphatic rings. The molecule has 0 bridgehead atoms. The van der Waals surface area contributed by atoms with E-state index in [1.165, 1.54) is 12.0 Å². The maximum Gasteiger partial charge on any atom is 0.266 e. The summed E-state index contributed by atoms with van der Waals surface area (Å²) in [5, 5.41) is 2.81. The van der Waals surface area contributed by atoms with Gasteiger partial charge in [0.05, 0.1) is 35.2 Å². The Morgan fingerprint density at radius 2 is 1.44 bits per heavy atom. The highest BCUT2D eigenvalue weighted by Gasteiger charge is 2.41. The second-order valence-corrected chi connectivity index (χ2v) is 8.92. The number of rotatable bonds is 6. The molecule has 4 rings (SSSR count). The fourth-order valence-corrected chi connectivity index (χ4v) is 4.39. The number of benzene rings is 3. The van der Waals surface area contributed by atoms with E-state index in [0.29, 0.717) is 17.1 Å². The maximum atomic E-state index is 13.8. The van der Waals surface area contributed by atoms with Crippen LogP contribution in [0.25, 0.3) is 0 Å². The van der Waals surface area contributed by atoms with Crippen LogP contribution in [-0.2, 0) is 0 Å². The molecule has 1 aliphatic heterocycles. The van der Waals surface area contributed by atoms with E-state index >= 15 is 0 Å². The summed E-state index contributed by atoms with van der Waals surface area (Å²) < 4.78 is 5.31. The normalized spacial score (nSPS) is 13.0. The zero-order chi connectivity index (χ0) is 24.6. The van der Waals surface area contributed by atoms with Gasteiger partial charge in [-0.15, -0.1) is 0 Å². The Balaban J connectivity index is 1.81. The number of fused-ring (bicyclic) bond motifs is 1. The van der Waals surface area contributed by atoms with Crippen molar-refractivity contribution in [1.29, 1.82) is 0 Å². The van der Waals surface area contributed by atoms with E-state index in [0.717, 1.165) is 11.1 Å². The van der Waals surface area contributed by atoms with Gasteiger partial charge in [-0.3, -0.25) is 14.4 Å². The highest BCUT2D eigenvalue weighted by Crippen LogP contribution is 2.40. The minimum Gasteiger partial charge on any atom is -0.495 e. The van der Waals surface area contributed by atoms with Gasteiger partial charge < -0.3 is 10.1 Å². The van der Waals surface area contributed by atoms with Crippen molar-refractivity contribution in [2.75, 3.05) is 17.3 Å². The van der Waals surface area contributed by atoms with Crippen molar-refractivity contribution in [1.82, 2.24) is 0 Å². The van der Waals surface area contributed by atoms with E-state index in [1.54, 1.807) is 42.5 Å². The number of methoxy groups -OCH3 is 1. The predicted octanol–water partition coefficient (Wildman–Crippen LogP) is 5.99. The van der Waals surface area contributed by atoms with Crippen LogP contribution in [0.5, 0.6) is 5.75 Å². The van der Waals surface area contributed by atoms with Gasteiger partial charge in [-0.1, -0.05) is 64.1 Å². The third-order valence-corrected chi connectivity index (χ3v) is 6.08. The van der Waals surface area contributed by atoms with Gasteiger partial charge in [-0.25, -0.2) is 4.90 Å². The summed E-state index contributed by atoms with van der Waals surface area (Å²) in [6, 6.07) is 17.7. The number of nitrogens with one attached hydrogen (secondary N) is 1. The van der Waals surface area contributed by atoms with Crippen LogP contribution in [0.4, 0.5) is 11.4 Å². The molecule has 0 saturated heterocycles. The molecule has 1 heterocycles. The Hall–Kier alpha value is -3.93. The molecule has 3 aromatic rings. The summed E-state index contributed by atoms with van der Waals surface area (Å²) in [4.78, 5) is 41.8. The number of amides is 3. The standard InChI is InChI=1S/C28H28N2O4/c1-16(2)18-10-8-11-19(17(3)4)25(18)30-27(32)21-13-9-12-20(24(21)28(30)33)26(31)29-22-14-6-7-15-23(22)34-5/h6-17H,1-5H3,(H,29,31). The molecular weight excluding hydrogens is 428 g/mol. The van der Waals surface area contributed by atoms with Crippen LogP contribution in [0.1, 0.15) is 81.7 Å². The number of hydrogen-bond donors (Lipinski definition) is 1. The molecule has 3 amide bonds. The Kier molecular flexibility index (Phi) is 6.24. The zero-order valence-electron chi connectivity index (χ0n) is 20.0. The smallest absolute Gasteiger partial charge is 0.266 e. The fourth-order valence-electron chi connectivity index (χ4n) is 4.39. The van der Waals surface area contributed by atoms with Crippen LogP contribution < -0.4 is 15.0 Å². The maximum absolute atomic E-state index is 13.8. The molecule has 0 fully saturated rings. The van der Waals surface area contributed by atoms with Crippen molar-refractivity contribution in [3.63, 3.8) is 0 Å². The summed E-state index contributed by atoms with van der Waals surface area (Å²) in [6.45, 7) is 8.14. The van der Waals surface area contributed by atoms with Crippen LogP contribution in [0.2, 0.25) is 0 Å². The zero-order valence-corrected chi connectivity index (χ0v) is 20.0. The molecule has 3 aromatic carbocycles. The Bertz CT molecular complexity index is 1270. The Morgan fingerprint density at radius 3 is 2.06 bits per heavy atom. The molecule has 0 radical (unpaired) electrons. The largest absolute Gasteiger partial charge is 0.495 e. The number of anilines is 2. The fraction of sp³-hybridized carbons (Fsp3) is 0.250. The molecule has 0 aliphatic carbocycles. The molecule has 0 aromatic heterocycles. The van der Waals surface area contributed by atoms with Gasteiger partial charge in [0.1, 0.15) is 5.75 Å². The van der Waals surface area contributed by atoms with Crippen LogP contribution in [-0.4, -0.2) is 24.8 Å². The summed E-state index contributed by atoms with van der Waals surface area (Å²) in [6.07, 6.45) is 0. The highest BCUT2D eigenvalue weighted by atomic mass is 16.5. The lowest BCUT2D eigenvalue weighted by molar-refractivity contribution is 0.0919. The van der Waals surface area contributed by atoms with Gasteiger partial charge in [0, 0.05) is 0 Å². The lowest BCUT2D eigenvalue weighted by atomic mass is 9.92. The number of para-hydroxylation sites is 3. The quantitative estimate of drug-likeness (QED) is 0.462. The van der Waals surface area contributed by atoms with Gasteiger partial charge in [0.25, 0.3) is 17.7 Å². The minimum atomic E-state index is -0.485. The monoisotopic (exact) mass is 456 g/mol. The van der Waals surface area contributed by atoms with E-state index in [9.17, 15) is 14.4 Å². The van der Waals surface area contributed by atoms with Crippen molar-refractivity contribution < 1.29 is 19.1 Å². The van der Waals surface area contributed by atoms with Gasteiger partial charge in [0.15, 0.2) is 0 Å². The first-order valence-electron chi connectivity index (χ1n) is 11.3. The second-order valence-electron chi connectivity index (χ2n) is 8.92. The topological polar surface area (TPSA) is 75.7 Å². The van der Waals surface area contributed by atoms with Crippen molar-refractivity contribution in [3.8, 4) is 5.75 Å². The molecule has 0 spiro atoms. The van der Waals surface area contributed by atoms with Crippen molar-refractivity contribution in [2.24, 2.45) is 0 Å². The summed E-state index contributed by atoms with van der Waals surface area (Å²) in [7, 11) is 1.52. The molecule has 6 nitrogen and oxygen atoms in total. The molecule has 34 heavy (non-hydrogen) atoms. The van der Waals surface area contributed by atoms with E-state index in [2.05, 4.69) is 5.32 Å². The van der Waals surface area contributed by atoms with E-state index < -0.39 is 17.7 Å². The van der Waals surface area contributed by atoms with Crippen LogP contribution in [0.15, 0.2) is 60.7 Å². The molecule has 1 N–H and O–H groups in total. The molecule has 6 heteroatoms. The van der Waals surface area contributed by atoms with Crippen molar-refractivity contribution in [2.45, 2.75) is 39.5 Å². The molecule has 174 valence electrons. The number of nitrogens with zero attached hydrogens (tertiary/aromatic N) is 1. The molecule has 0 unspecified atom stereocenters. The number of ether oxygens (including phenoxy) is 1. The summed E-state index contributed by atoms with van der Waals surface area (Å²) >= 11 is 0. The number of carbonyl (C=O) groups excluding carboxylic acids is 3. The van der Waals surface area contributed by atoms with Crippen LogP contribution in [0, 0.1) is 0 Å². The third-order valence-electron chi connectivity index (χ3n) is 6.08. The van der Waals surface area contributed by atoms with E-state index in [-0.39, 0.29) is 28.5 Å². The number of hydrogen-bond acceptors (Lipinski definition) is 4. The van der Waals surface area contributed by atoms with Gasteiger partial charge in [-0.05, 0) is 47.2 Å². The first-order chi connectivity index (χ1) is 16.3. The van der Waals surface area contributed by atoms with E-state index in [4.69, 9.17) is 4.74 Å². The number of imide groups is 1. The highest BCUT2D eigenvalue weighted by molar-refractivity contribution is 6.37. The van der Waals surface area contributed by atoms with Gasteiger partial charge >= 0.3 is 0 Å². The average Bonchev–Trinajstić information content (AvgIpc) is 3.08. The molecule has 0 saturated carbocycles. The Labute approximate surface area is 199 Å². The first-order valence-corrected chi connectivity index (χ1v) is 11.3. The first kappa shape index (κ1) is 23.2. The summed E-state index contributed by atoms with van der Waals surface area (Å²) in [5.41, 5.74) is 3.43. The van der Waals surface area contributed by atoms with Gasteiger partial charge in [-0.2, -0.15) is 0 Å². The lowest BCUT2D eigenvalue weighted by Crippen LogP contribution is -2.32. The predicted molar refractivity (Wildman–Crippen MR) is 133 cm³/mol. The van der Waals surface area contributed by atoms with Crippen molar-refractivity contribution >= 4 is 29.1 Å². The van der Waals surface area contributed by atoms with Crippen LogP contribution in [0.3, 0.4) is 0 Å². The average molecular weight is 457 g/mol. The molecular formula is C28H28N2O4. The summed E-state index contributed by atoms with van der Waals surface area (Å²) in [5.74, 6) is -0.675. The third kappa shape index (κ3) is 3.85. The van der Waals surface area contributed by atoms with E-state index in [1.807, 2.05) is 45.9 Å². The van der Waals surface area contributed by atoms with Crippen LogP contribution >= 0.6 is 0 Å². The second kappa shape index (κ2) is 9.14. The number of carbonyl (C=O) groups is 3.